The van der Waals surface area contributed by atoms with Crippen LogP contribution in [0.4, 0.5) is 35.1 Å². The number of sulfonamides is 2. The second-order valence-electron chi connectivity index (χ2n) is 36.7. The number of pyridine rings is 2. The summed E-state index contributed by atoms with van der Waals surface area (Å²) in [5, 5.41) is 3.12. The Morgan fingerprint density at radius 1 is 0.549 bits per heavy atom. The van der Waals surface area contributed by atoms with Crippen molar-refractivity contribution in [2.45, 2.75) is 267 Å². The highest BCUT2D eigenvalue weighted by Gasteiger charge is 2.66. The minimum Gasteiger partial charge on any atom is -0.477 e. The van der Waals surface area contributed by atoms with Gasteiger partial charge in [-0.25, -0.2) is 25.6 Å². The van der Waals surface area contributed by atoms with Crippen LogP contribution in [0.5, 0.6) is 23.5 Å². The molecule has 6 aliphatic heterocycles. The summed E-state index contributed by atoms with van der Waals surface area (Å²) < 4.78 is 200. The summed E-state index contributed by atoms with van der Waals surface area (Å²) in [5.41, 5.74) is -6.81. The van der Waals surface area contributed by atoms with Crippen molar-refractivity contribution < 1.29 is 119 Å². The number of halogens is 8. The Kier molecular flexibility index (Phi) is 26.2. The van der Waals surface area contributed by atoms with Crippen LogP contribution in [0.1, 0.15) is 208 Å². The average molecular weight is 1760 g/mol. The first-order valence-corrected chi connectivity index (χ1v) is 45.7. The normalized spacial score (nSPS) is 29.8. The van der Waals surface area contributed by atoms with E-state index >= 15 is 9.59 Å². The maximum atomic E-state index is 15.1. The monoisotopic (exact) mass is 1750 g/mol. The Balaban J connectivity index is 0.000000210. The summed E-state index contributed by atoms with van der Waals surface area (Å²) >= 11 is 0. The van der Waals surface area contributed by atoms with Crippen molar-refractivity contribution in [1.82, 2.24) is 29.2 Å². The van der Waals surface area contributed by atoms with Crippen LogP contribution < -0.4 is 28.4 Å². The summed E-state index contributed by atoms with van der Waals surface area (Å²) in [6.07, 6.45) is 1.17. The number of rotatable bonds is 20. The zero-order chi connectivity index (χ0) is 88.2. The molecule has 34 heteroatoms. The lowest BCUT2D eigenvalue weighted by atomic mass is 9.79. The number of allylic oxidation sites excluding steroid dienone is 4. The molecule has 10 aliphatic rings. The third kappa shape index (κ3) is 18.7. The van der Waals surface area contributed by atoms with Gasteiger partial charge in [-0.05, 0) is 189 Å². The average Bonchev–Trinajstić information content (AvgIpc) is 1.36. The van der Waals surface area contributed by atoms with Crippen molar-refractivity contribution >= 4 is 88.7 Å². The number of carbonyl (C=O) groups excluding carboxylic acids is 8. The standard InChI is InChI=1S/2C44H55F4N3O9S/c2*1-5-27-19-26(2)11-6-7-12-28-22-43(28,40(55)50-61(56,57)42(25-45)16-17-42)23-35(52)34-20-29(24-51(34)39(54)33(27)21-36(53)60-41(3,4)44(46,47)48)59-38-32-14-9-8-13-30(32)31-15-10-18-58-37(31)49-38/h2*7-9,12-14,26-29,33-34H,5-6,10-11,15-25H2,1-4H3,(H,50,55)/b2*12-7-/t26-,27+,28+,29+,33-,34-,43+;26-,27-,28-,29-,33+,34+,43-/m01/s1. The molecule has 24 nitrogen and oxygen atoms in total. The van der Waals surface area contributed by atoms with Crippen LogP contribution in [0.2, 0.25) is 0 Å². The van der Waals surface area contributed by atoms with Crippen LogP contribution in [0.15, 0.2) is 72.8 Å². The van der Waals surface area contributed by atoms with Crippen molar-refractivity contribution in [3.63, 3.8) is 0 Å². The van der Waals surface area contributed by atoms with Gasteiger partial charge in [-0.15, -0.1) is 0 Å². The van der Waals surface area contributed by atoms with Gasteiger partial charge in [-0.1, -0.05) is 101 Å². The van der Waals surface area contributed by atoms with Crippen molar-refractivity contribution in [2.24, 2.45) is 58.2 Å². The van der Waals surface area contributed by atoms with Crippen molar-refractivity contribution in [1.29, 1.82) is 0 Å². The van der Waals surface area contributed by atoms with E-state index in [1.165, 1.54) is 9.80 Å². The fraction of sp³-hybridized carbons (Fsp3) is 0.659. The number of alkyl halides is 8. The molecule has 8 heterocycles. The molecule has 14 rings (SSSR count). The molecule has 2 N–H and O–H groups in total. The predicted octanol–water partition coefficient (Wildman–Crippen LogP) is 14.2. The summed E-state index contributed by atoms with van der Waals surface area (Å²) in [7, 11) is -8.84. The van der Waals surface area contributed by atoms with E-state index in [-0.39, 0.29) is 88.1 Å². The third-order valence-corrected chi connectivity index (χ3v) is 31.5. The molecular formula is C88H110F8N6O18S2. The van der Waals surface area contributed by atoms with Gasteiger partial charge >= 0.3 is 24.3 Å². The molecule has 0 radical (unpaired) electrons. The van der Waals surface area contributed by atoms with Gasteiger partial charge in [0.05, 0.1) is 73.9 Å². The maximum absolute atomic E-state index is 15.1. The first-order valence-electron chi connectivity index (χ1n) is 42.7. The van der Waals surface area contributed by atoms with Gasteiger partial charge in [0, 0.05) is 47.6 Å². The Morgan fingerprint density at radius 3 is 1.25 bits per heavy atom. The van der Waals surface area contributed by atoms with E-state index in [0.29, 0.717) is 87.1 Å². The second-order valence-corrected chi connectivity index (χ2v) is 40.9. The SMILES string of the molecule is CC[C@@H]1C[C@@H](C)CC/C=C\[C@@H]2C[C@@]2(C(=O)NS(=O)(=O)C2(CF)CC2)CC(=O)[C@@H]2C[C@@H](Oc3nc4c(c5ccccc35)CCCO4)CN2C(=O)[C@H]1CC(=O)OC(C)(C)C(F)(F)F.CC[C@@H]1C[C@H](C)CC/C=C\[C@@H]2C[C@@]2(C(=O)NS(=O)(=O)C2(CF)CC2)CC(=O)[C@@H]2C[C@@H](Oc3nc4c(c5ccccc35)CCCO4)CN2C(=O)[C@H]1CC(=O)OC(C)(C)C(F)(F)F. The molecule has 2 saturated heterocycles. The zero-order valence-electron chi connectivity index (χ0n) is 70.0. The zero-order valence-corrected chi connectivity index (χ0v) is 71.7. The number of amides is 4. The highest BCUT2D eigenvalue weighted by atomic mass is 32.2. The van der Waals surface area contributed by atoms with Crippen molar-refractivity contribution in [3.05, 3.63) is 84.0 Å². The molecule has 2 aromatic carbocycles. The maximum Gasteiger partial charge on any atom is 0.427 e. The highest BCUT2D eigenvalue weighted by Crippen LogP contribution is 2.60. The largest absolute Gasteiger partial charge is 0.477 e. The Bertz CT molecular complexity index is 4690. The molecule has 0 unspecified atom stereocenters. The summed E-state index contributed by atoms with van der Waals surface area (Å²) in [6.45, 7) is 8.85. The molecule has 0 bridgehead atoms. The van der Waals surface area contributed by atoms with E-state index < -0.39 is 210 Å². The molecule has 4 saturated carbocycles. The van der Waals surface area contributed by atoms with Crippen LogP contribution in [-0.4, -0.2) is 181 Å². The highest BCUT2D eigenvalue weighted by molar-refractivity contribution is 7.92. The first kappa shape index (κ1) is 91.1. The number of carbonyl (C=O) groups is 8. The summed E-state index contributed by atoms with van der Waals surface area (Å²) in [5.74, 6) is -9.79. The van der Waals surface area contributed by atoms with E-state index in [1.54, 1.807) is 0 Å². The molecule has 2 aromatic heterocycles. The van der Waals surface area contributed by atoms with Gasteiger partial charge in [0.15, 0.2) is 11.6 Å². The number of aryl methyl sites for hydroxylation is 2. The first-order chi connectivity index (χ1) is 57.5. The Hall–Kier alpha value is -8.56. The smallest absolute Gasteiger partial charge is 0.427 e. The quantitative estimate of drug-likeness (QED) is 0.0472. The Labute approximate surface area is 705 Å². The molecule has 4 aliphatic carbocycles. The van der Waals surface area contributed by atoms with Crippen LogP contribution in [-0.2, 0) is 80.7 Å². The lowest BCUT2D eigenvalue weighted by molar-refractivity contribution is -0.257. The van der Waals surface area contributed by atoms with Gasteiger partial charge in [0.25, 0.3) is 0 Å². The van der Waals surface area contributed by atoms with E-state index in [1.807, 2.05) is 101 Å². The lowest BCUT2D eigenvalue weighted by Gasteiger charge is -2.34. The molecule has 668 valence electrons. The van der Waals surface area contributed by atoms with E-state index in [2.05, 4.69) is 9.44 Å². The lowest BCUT2D eigenvalue weighted by Crippen LogP contribution is -2.49. The number of hydrogen-bond donors (Lipinski definition) is 2. The molecule has 14 atom stereocenters. The van der Waals surface area contributed by atoms with Crippen LogP contribution in [0.3, 0.4) is 0 Å². The summed E-state index contributed by atoms with van der Waals surface area (Å²) in [6, 6.07) is 12.5. The summed E-state index contributed by atoms with van der Waals surface area (Å²) in [4.78, 5) is 127. The van der Waals surface area contributed by atoms with E-state index in [4.69, 9.17) is 38.4 Å². The van der Waals surface area contributed by atoms with Crippen LogP contribution >= 0.6 is 0 Å². The van der Waals surface area contributed by atoms with Gasteiger partial charge in [0.2, 0.25) is 78.4 Å². The molecule has 4 aromatic rings. The number of nitrogens with zero attached hydrogens (tertiary/aromatic N) is 4. The number of ether oxygens (including phenoxy) is 6. The van der Waals surface area contributed by atoms with E-state index in [9.17, 15) is 80.7 Å². The molecule has 122 heavy (non-hydrogen) atoms. The minimum absolute atomic E-state index is 0.0110. The second kappa shape index (κ2) is 35.1. The van der Waals surface area contributed by atoms with Crippen molar-refractivity contribution in [2.75, 3.05) is 39.7 Å². The number of hydrogen-bond acceptors (Lipinski definition) is 20. The predicted molar refractivity (Wildman–Crippen MR) is 431 cm³/mol. The number of nitrogens with one attached hydrogen (secondary N) is 2. The molecule has 0 spiro atoms. The molecule has 4 amide bonds. The van der Waals surface area contributed by atoms with Gasteiger partial charge in [-0.3, -0.25) is 47.8 Å². The fourth-order valence-corrected chi connectivity index (χ4v) is 21.6. The van der Waals surface area contributed by atoms with Gasteiger partial charge in [0.1, 0.15) is 35.1 Å². The number of esters is 2. The topological polar surface area (TPSA) is 317 Å². The van der Waals surface area contributed by atoms with Crippen LogP contribution in [0.25, 0.3) is 21.5 Å². The number of Topliss-reactive ketones (excluding diaryl/α,β-unsaturated/α-hetero) is 2. The van der Waals surface area contributed by atoms with Crippen LogP contribution in [0, 0.1) is 58.2 Å². The van der Waals surface area contributed by atoms with E-state index in [0.717, 1.165) is 75.3 Å². The van der Waals surface area contributed by atoms with Gasteiger partial charge in [-0.2, -0.15) is 36.3 Å². The number of ketones is 2. The molecule has 6 fully saturated rings. The van der Waals surface area contributed by atoms with Gasteiger partial charge < -0.3 is 38.2 Å². The number of fused-ring (bicyclic) bond motifs is 10. The Morgan fingerprint density at radius 2 is 0.910 bits per heavy atom. The minimum atomic E-state index is -4.88. The van der Waals surface area contributed by atoms with Crippen molar-refractivity contribution in [3.8, 4) is 23.5 Å². The third-order valence-electron chi connectivity index (χ3n) is 27.2. The number of aromatic nitrogens is 2. The number of benzene rings is 2. The fourth-order valence-electron chi connectivity index (χ4n) is 18.7. The molecular weight excluding hydrogens is 1650 g/mol.